The van der Waals surface area contributed by atoms with Gasteiger partial charge in [0.1, 0.15) is 5.82 Å². The van der Waals surface area contributed by atoms with Gasteiger partial charge in [0.15, 0.2) is 0 Å². The molecule has 0 saturated carbocycles. The first-order chi connectivity index (χ1) is 9.67. The molecule has 5 nitrogen and oxygen atoms in total. The molecule has 1 aromatic carbocycles. The number of aliphatic hydroxyl groups excluding tert-OH is 1. The highest BCUT2D eigenvalue weighted by molar-refractivity contribution is 5.92. The number of aliphatic hydroxyl groups is 1. The number of imidazole rings is 1. The molecular formula is C15H20N2O3. The first-order valence-electron chi connectivity index (χ1n) is 7.00. The van der Waals surface area contributed by atoms with Crippen molar-refractivity contribution in [3.63, 3.8) is 0 Å². The average molecular weight is 276 g/mol. The largest absolute Gasteiger partial charge is 0.478 e. The van der Waals surface area contributed by atoms with Crippen molar-refractivity contribution < 1.29 is 15.0 Å². The lowest BCUT2D eigenvalue weighted by Gasteiger charge is -2.07. The van der Waals surface area contributed by atoms with E-state index >= 15 is 0 Å². The maximum absolute atomic E-state index is 11.0. The molecule has 1 aromatic heterocycles. The second-order valence-corrected chi connectivity index (χ2v) is 4.83. The molecule has 0 saturated heterocycles. The number of hydrogen-bond acceptors (Lipinski definition) is 3. The number of benzene rings is 1. The summed E-state index contributed by atoms with van der Waals surface area (Å²) in [6.45, 7) is 3.13. The van der Waals surface area contributed by atoms with Crippen LogP contribution in [0.4, 0.5) is 0 Å². The normalized spacial score (nSPS) is 11.1. The summed E-state index contributed by atoms with van der Waals surface area (Å²) >= 11 is 0. The van der Waals surface area contributed by atoms with E-state index in [9.17, 15) is 4.79 Å². The molecule has 0 fully saturated rings. The lowest BCUT2D eigenvalue weighted by Crippen LogP contribution is -2.03. The zero-order valence-corrected chi connectivity index (χ0v) is 11.7. The summed E-state index contributed by atoms with van der Waals surface area (Å²) in [5.74, 6) is 0.0500. The fraction of sp³-hybridized carbons (Fsp3) is 0.467. The Morgan fingerprint density at radius 2 is 2.10 bits per heavy atom. The smallest absolute Gasteiger partial charge is 0.335 e. The van der Waals surface area contributed by atoms with Crippen LogP contribution in [0.2, 0.25) is 0 Å². The molecule has 0 bridgehead atoms. The monoisotopic (exact) mass is 276 g/mol. The van der Waals surface area contributed by atoms with Gasteiger partial charge in [-0.1, -0.05) is 6.92 Å². The van der Waals surface area contributed by atoms with Gasteiger partial charge in [0, 0.05) is 19.6 Å². The van der Waals surface area contributed by atoms with E-state index in [1.807, 2.05) is 13.0 Å². The highest BCUT2D eigenvalue weighted by atomic mass is 16.4. The summed E-state index contributed by atoms with van der Waals surface area (Å²) in [4.78, 5) is 15.5. The number of nitrogens with zero attached hydrogens (tertiary/aromatic N) is 2. The van der Waals surface area contributed by atoms with Gasteiger partial charge < -0.3 is 14.8 Å². The molecule has 108 valence electrons. The van der Waals surface area contributed by atoms with E-state index in [2.05, 4.69) is 9.55 Å². The summed E-state index contributed by atoms with van der Waals surface area (Å²) in [6, 6.07) is 5.08. The van der Waals surface area contributed by atoms with E-state index in [1.54, 1.807) is 12.1 Å². The SMILES string of the molecule is CCc1nc2cc(C(=O)O)ccc2n1CCCCCO. The topological polar surface area (TPSA) is 75.3 Å². The number of aromatic nitrogens is 2. The molecule has 1 heterocycles. The van der Waals surface area contributed by atoms with Gasteiger partial charge in [-0.3, -0.25) is 0 Å². The van der Waals surface area contributed by atoms with E-state index in [1.165, 1.54) is 0 Å². The molecule has 2 N–H and O–H groups in total. The van der Waals surface area contributed by atoms with Gasteiger partial charge in [0.2, 0.25) is 0 Å². The Morgan fingerprint density at radius 1 is 1.30 bits per heavy atom. The van der Waals surface area contributed by atoms with E-state index in [0.717, 1.165) is 49.1 Å². The summed E-state index contributed by atoms with van der Waals surface area (Å²) in [6.07, 6.45) is 3.60. The summed E-state index contributed by atoms with van der Waals surface area (Å²) in [5.41, 5.74) is 1.99. The van der Waals surface area contributed by atoms with Gasteiger partial charge in [0.25, 0.3) is 0 Å². The number of fused-ring (bicyclic) bond motifs is 1. The van der Waals surface area contributed by atoms with Crippen LogP contribution in [0, 0.1) is 0 Å². The third-order valence-electron chi connectivity index (χ3n) is 3.43. The van der Waals surface area contributed by atoms with Gasteiger partial charge in [-0.05, 0) is 37.5 Å². The molecule has 2 rings (SSSR count). The van der Waals surface area contributed by atoms with E-state index in [4.69, 9.17) is 10.2 Å². The lowest BCUT2D eigenvalue weighted by atomic mass is 10.2. The second-order valence-electron chi connectivity index (χ2n) is 4.83. The van der Waals surface area contributed by atoms with Crippen molar-refractivity contribution in [3.8, 4) is 0 Å². The van der Waals surface area contributed by atoms with Crippen LogP contribution in [-0.4, -0.2) is 32.3 Å². The van der Waals surface area contributed by atoms with Crippen LogP contribution in [0.1, 0.15) is 42.4 Å². The fourth-order valence-corrected chi connectivity index (χ4v) is 2.39. The molecule has 0 unspecified atom stereocenters. The molecule has 0 aliphatic heterocycles. The zero-order chi connectivity index (χ0) is 14.5. The van der Waals surface area contributed by atoms with Crippen molar-refractivity contribution in [1.29, 1.82) is 0 Å². The summed E-state index contributed by atoms with van der Waals surface area (Å²) in [5, 5.41) is 17.8. The maximum Gasteiger partial charge on any atom is 0.335 e. The Bertz CT molecular complexity index is 604. The standard InChI is InChI=1S/C15H20N2O3/c1-2-14-16-12-10-11(15(19)20)6-7-13(12)17(14)8-4-3-5-9-18/h6-7,10,18H,2-5,8-9H2,1H3,(H,19,20). The number of hydrogen-bond donors (Lipinski definition) is 2. The number of aryl methyl sites for hydroxylation is 2. The predicted octanol–water partition coefficient (Wildman–Crippen LogP) is 2.46. The maximum atomic E-state index is 11.0. The number of unbranched alkanes of at least 4 members (excludes halogenated alkanes) is 2. The van der Waals surface area contributed by atoms with Crippen molar-refractivity contribution in [2.75, 3.05) is 6.61 Å². The minimum atomic E-state index is -0.928. The number of carboxylic acid groups (broad SMARTS) is 1. The molecule has 0 atom stereocenters. The van der Waals surface area contributed by atoms with Gasteiger partial charge in [-0.25, -0.2) is 9.78 Å². The molecule has 0 amide bonds. The minimum Gasteiger partial charge on any atom is -0.478 e. The third-order valence-corrected chi connectivity index (χ3v) is 3.43. The molecular weight excluding hydrogens is 256 g/mol. The molecule has 0 radical (unpaired) electrons. The number of rotatable bonds is 7. The zero-order valence-electron chi connectivity index (χ0n) is 11.7. The van der Waals surface area contributed by atoms with Crippen LogP contribution >= 0.6 is 0 Å². The van der Waals surface area contributed by atoms with Crippen molar-refractivity contribution in [3.05, 3.63) is 29.6 Å². The Kier molecular flexibility index (Phi) is 4.74. The molecule has 20 heavy (non-hydrogen) atoms. The summed E-state index contributed by atoms with van der Waals surface area (Å²) < 4.78 is 2.15. The van der Waals surface area contributed by atoms with Gasteiger partial charge in [-0.2, -0.15) is 0 Å². The van der Waals surface area contributed by atoms with Crippen molar-refractivity contribution in [1.82, 2.24) is 9.55 Å². The summed E-state index contributed by atoms with van der Waals surface area (Å²) in [7, 11) is 0. The Morgan fingerprint density at radius 3 is 2.75 bits per heavy atom. The van der Waals surface area contributed by atoms with Crippen LogP contribution in [0.3, 0.4) is 0 Å². The predicted molar refractivity (Wildman–Crippen MR) is 77.0 cm³/mol. The van der Waals surface area contributed by atoms with Crippen molar-refractivity contribution >= 4 is 17.0 Å². The van der Waals surface area contributed by atoms with Gasteiger partial charge in [-0.15, -0.1) is 0 Å². The molecule has 5 heteroatoms. The Balaban J connectivity index is 2.29. The molecule has 0 aliphatic carbocycles. The van der Waals surface area contributed by atoms with Gasteiger partial charge in [0.05, 0.1) is 16.6 Å². The van der Waals surface area contributed by atoms with Crippen LogP contribution in [-0.2, 0) is 13.0 Å². The first-order valence-corrected chi connectivity index (χ1v) is 7.00. The highest BCUT2D eigenvalue weighted by Crippen LogP contribution is 2.19. The third kappa shape index (κ3) is 2.99. The molecule has 0 spiro atoms. The number of carbonyl (C=O) groups is 1. The number of aromatic carboxylic acids is 1. The van der Waals surface area contributed by atoms with Crippen LogP contribution in [0.15, 0.2) is 18.2 Å². The average Bonchev–Trinajstić information content (AvgIpc) is 2.80. The van der Waals surface area contributed by atoms with Crippen LogP contribution in [0.5, 0.6) is 0 Å². The molecule has 0 aliphatic rings. The van der Waals surface area contributed by atoms with Crippen LogP contribution in [0.25, 0.3) is 11.0 Å². The minimum absolute atomic E-state index is 0.229. The van der Waals surface area contributed by atoms with Crippen molar-refractivity contribution in [2.24, 2.45) is 0 Å². The van der Waals surface area contributed by atoms with Crippen LogP contribution < -0.4 is 0 Å². The van der Waals surface area contributed by atoms with Gasteiger partial charge >= 0.3 is 5.97 Å². The molecule has 2 aromatic rings. The Labute approximate surface area is 117 Å². The first kappa shape index (κ1) is 14.5. The lowest BCUT2D eigenvalue weighted by molar-refractivity contribution is 0.0697. The second kappa shape index (κ2) is 6.52. The highest BCUT2D eigenvalue weighted by Gasteiger charge is 2.11. The fourth-order valence-electron chi connectivity index (χ4n) is 2.39. The Hall–Kier alpha value is -1.88. The van der Waals surface area contributed by atoms with E-state index in [-0.39, 0.29) is 12.2 Å². The van der Waals surface area contributed by atoms with E-state index in [0.29, 0.717) is 0 Å². The quantitative estimate of drug-likeness (QED) is 0.762. The van der Waals surface area contributed by atoms with E-state index < -0.39 is 5.97 Å². The van der Waals surface area contributed by atoms with Crippen molar-refractivity contribution in [2.45, 2.75) is 39.2 Å². The number of carboxylic acids is 1.